The highest BCUT2D eigenvalue weighted by atomic mass is 79.9. The highest BCUT2D eigenvalue weighted by Crippen LogP contribution is 2.24. The van der Waals surface area contributed by atoms with Crippen LogP contribution in [0.2, 0.25) is 0 Å². The summed E-state index contributed by atoms with van der Waals surface area (Å²) in [7, 11) is 0. The van der Waals surface area contributed by atoms with E-state index >= 15 is 0 Å². The summed E-state index contributed by atoms with van der Waals surface area (Å²) in [5, 5.41) is 11.7. The van der Waals surface area contributed by atoms with Crippen molar-refractivity contribution < 1.29 is 23.4 Å². The standard InChI is InChI=1S/C13H18BrF2NO3/c14-11-2-3-12(20-13(15)16)10(8-11)9-17-4-1-6-19-7-5-18/h2-3,8,13,17-18H,1,4-7,9H2. The molecule has 0 aliphatic heterocycles. The summed E-state index contributed by atoms with van der Waals surface area (Å²) >= 11 is 3.30. The van der Waals surface area contributed by atoms with E-state index in [2.05, 4.69) is 26.0 Å². The highest BCUT2D eigenvalue weighted by molar-refractivity contribution is 9.10. The van der Waals surface area contributed by atoms with Gasteiger partial charge in [-0.15, -0.1) is 0 Å². The third-order valence-electron chi connectivity index (χ3n) is 2.43. The van der Waals surface area contributed by atoms with Gasteiger partial charge in [-0.3, -0.25) is 0 Å². The second-order valence-corrected chi connectivity index (χ2v) is 4.91. The first-order valence-electron chi connectivity index (χ1n) is 6.26. The number of halogens is 3. The molecule has 0 aliphatic carbocycles. The first-order chi connectivity index (χ1) is 9.63. The van der Waals surface area contributed by atoms with Crippen LogP contribution in [0.25, 0.3) is 0 Å². The van der Waals surface area contributed by atoms with E-state index in [1.165, 1.54) is 6.07 Å². The lowest BCUT2D eigenvalue weighted by Crippen LogP contribution is -2.18. The molecule has 0 aliphatic rings. The average Bonchev–Trinajstić information content (AvgIpc) is 2.40. The minimum Gasteiger partial charge on any atom is -0.434 e. The number of benzene rings is 1. The predicted octanol–water partition coefficient (Wildman–Crippen LogP) is 2.54. The SMILES string of the molecule is OCCOCCCNCc1cc(Br)ccc1OC(F)F. The highest BCUT2D eigenvalue weighted by Gasteiger charge is 2.09. The van der Waals surface area contributed by atoms with Crippen LogP contribution in [0, 0.1) is 0 Å². The van der Waals surface area contributed by atoms with Crippen LogP contribution < -0.4 is 10.1 Å². The Kier molecular flexibility index (Phi) is 8.68. The number of hydrogen-bond donors (Lipinski definition) is 2. The van der Waals surface area contributed by atoms with Crippen LogP contribution in [0.4, 0.5) is 8.78 Å². The van der Waals surface area contributed by atoms with Crippen molar-refractivity contribution in [1.29, 1.82) is 0 Å². The van der Waals surface area contributed by atoms with E-state index in [-0.39, 0.29) is 12.4 Å². The summed E-state index contributed by atoms with van der Waals surface area (Å²) in [5.41, 5.74) is 0.663. The quantitative estimate of drug-likeness (QED) is 0.634. The molecule has 1 aromatic rings. The van der Waals surface area contributed by atoms with Gasteiger partial charge in [-0.05, 0) is 31.2 Å². The van der Waals surface area contributed by atoms with Crippen LogP contribution in [-0.2, 0) is 11.3 Å². The minimum absolute atomic E-state index is 0.0137. The van der Waals surface area contributed by atoms with Crippen molar-refractivity contribution in [3.8, 4) is 5.75 Å². The minimum atomic E-state index is -2.83. The molecule has 0 bridgehead atoms. The molecular formula is C13H18BrF2NO3. The van der Waals surface area contributed by atoms with Gasteiger partial charge >= 0.3 is 6.61 Å². The summed E-state index contributed by atoms with van der Waals surface area (Å²) in [6.07, 6.45) is 0.777. The Morgan fingerprint density at radius 1 is 1.30 bits per heavy atom. The van der Waals surface area contributed by atoms with E-state index in [1.807, 2.05) is 0 Å². The Morgan fingerprint density at radius 3 is 2.80 bits per heavy atom. The zero-order chi connectivity index (χ0) is 14.8. The Bertz CT molecular complexity index is 394. The molecule has 7 heteroatoms. The topological polar surface area (TPSA) is 50.7 Å². The third-order valence-corrected chi connectivity index (χ3v) is 2.93. The van der Waals surface area contributed by atoms with E-state index in [0.717, 1.165) is 10.9 Å². The van der Waals surface area contributed by atoms with E-state index in [4.69, 9.17) is 9.84 Å². The molecule has 0 spiro atoms. The fraction of sp³-hybridized carbons (Fsp3) is 0.538. The fourth-order valence-corrected chi connectivity index (χ4v) is 1.99. The molecule has 1 rings (SSSR count). The van der Waals surface area contributed by atoms with Crippen molar-refractivity contribution in [2.24, 2.45) is 0 Å². The molecular weight excluding hydrogens is 336 g/mol. The summed E-state index contributed by atoms with van der Waals surface area (Å²) in [4.78, 5) is 0. The lowest BCUT2D eigenvalue weighted by molar-refractivity contribution is -0.0505. The lowest BCUT2D eigenvalue weighted by Gasteiger charge is -2.12. The summed E-state index contributed by atoms with van der Waals surface area (Å²) < 4.78 is 34.9. The second-order valence-electron chi connectivity index (χ2n) is 4.00. The first-order valence-corrected chi connectivity index (χ1v) is 7.05. The number of aliphatic hydroxyl groups is 1. The van der Waals surface area contributed by atoms with Gasteiger partial charge in [0.05, 0.1) is 13.2 Å². The third kappa shape index (κ3) is 7.14. The fourth-order valence-electron chi connectivity index (χ4n) is 1.59. The number of hydrogen-bond acceptors (Lipinski definition) is 4. The van der Waals surface area contributed by atoms with Gasteiger partial charge in [0.2, 0.25) is 0 Å². The number of ether oxygens (including phenoxy) is 2. The normalized spacial score (nSPS) is 11.1. The van der Waals surface area contributed by atoms with Crippen LogP contribution in [-0.4, -0.2) is 38.1 Å². The smallest absolute Gasteiger partial charge is 0.387 e. The summed E-state index contributed by atoms with van der Waals surface area (Å²) in [5.74, 6) is 0.173. The molecule has 2 N–H and O–H groups in total. The monoisotopic (exact) mass is 353 g/mol. The Morgan fingerprint density at radius 2 is 2.10 bits per heavy atom. The van der Waals surface area contributed by atoms with Gasteiger partial charge in [0.1, 0.15) is 5.75 Å². The maximum Gasteiger partial charge on any atom is 0.387 e. The Labute approximate surface area is 125 Å². The number of nitrogens with one attached hydrogen (secondary N) is 1. The Balaban J connectivity index is 2.36. The van der Waals surface area contributed by atoms with Gasteiger partial charge in [0.25, 0.3) is 0 Å². The number of alkyl halides is 2. The van der Waals surface area contributed by atoms with Gasteiger partial charge in [0, 0.05) is 23.2 Å². The Hall–Kier alpha value is -0.760. The molecule has 1 aromatic carbocycles. The zero-order valence-electron chi connectivity index (χ0n) is 10.9. The molecule has 0 saturated heterocycles. The number of rotatable bonds is 10. The maximum atomic E-state index is 12.3. The average molecular weight is 354 g/mol. The molecule has 0 atom stereocenters. The van der Waals surface area contributed by atoms with Gasteiger partial charge in [-0.1, -0.05) is 15.9 Å². The van der Waals surface area contributed by atoms with Crippen LogP contribution in [0.1, 0.15) is 12.0 Å². The molecule has 0 radical (unpaired) electrons. The van der Waals surface area contributed by atoms with E-state index < -0.39 is 6.61 Å². The van der Waals surface area contributed by atoms with Crippen LogP contribution in [0.3, 0.4) is 0 Å². The molecule has 0 fully saturated rings. The van der Waals surface area contributed by atoms with Crippen molar-refractivity contribution in [3.05, 3.63) is 28.2 Å². The molecule has 0 heterocycles. The van der Waals surface area contributed by atoms with Crippen molar-refractivity contribution in [1.82, 2.24) is 5.32 Å². The van der Waals surface area contributed by atoms with Crippen LogP contribution in [0.15, 0.2) is 22.7 Å². The maximum absolute atomic E-state index is 12.3. The largest absolute Gasteiger partial charge is 0.434 e. The van der Waals surface area contributed by atoms with Crippen molar-refractivity contribution in [2.75, 3.05) is 26.4 Å². The lowest BCUT2D eigenvalue weighted by atomic mass is 10.2. The van der Waals surface area contributed by atoms with E-state index in [1.54, 1.807) is 12.1 Å². The summed E-state index contributed by atoms with van der Waals surface area (Å²) in [6.45, 7) is -0.820. The van der Waals surface area contributed by atoms with Gasteiger partial charge in [-0.25, -0.2) is 0 Å². The van der Waals surface area contributed by atoms with Gasteiger partial charge in [0.15, 0.2) is 0 Å². The first kappa shape index (κ1) is 17.3. The van der Waals surface area contributed by atoms with Crippen molar-refractivity contribution in [3.63, 3.8) is 0 Å². The van der Waals surface area contributed by atoms with Crippen molar-refractivity contribution >= 4 is 15.9 Å². The van der Waals surface area contributed by atoms with Crippen LogP contribution in [0.5, 0.6) is 5.75 Å². The predicted molar refractivity (Wildman–Crippen MR) is 75.0 cm³/mol. The molecule has 0 aromatic heterocycles. The molecule has 114 valence electrons. The second kappa shape index (κ2) is 10.0. The van der Waals surface area contributed by atoms with E-state index in [9.17, 15) is 8.78 Å². The zero-order valence-corrected chi connectivity index (χ0v) is 12.5. The molecule has 20 heavy (non-hydrogen) atoms. The van der Waals surface area contributed by atoms with E-state index in [0.29, 0.717) is 31.9 Å². The van der Waals surface area contributed by atoms with Gasteiger partial charge < -0.3 is 19.9 Å². The summed E-state index contributed by atoms with van der Waals surface area (Å²) in [6, 6.07) is 4.91. The molecule has 0 unspecified atom stereocenters. The number of aliphatic hydroxyl groups excluding tert-OH is 1. The molecule has 0 amide bonds. The molecule has 4 nitrogen and oxygen atoms in total. The van der Waals surface area contributed by atoms with Crippen molar-refractivity contribution in [2.45, 2.75) is 19.6 Å². The van der Waals surface area contributed by atoms with Gasteiger partial charge in [-0.2, -0.15) is 8.78 Å². The molecule has 0 saturated carbocycles. The van der Waals surface area contributed by atoms with Crippen LogP contribution >= 0.6 is 15.9 Å².